The third kappa shape index (κ3) is 5.74. The zero-order valence-corrected chi connectivity index (χ0v) is 17.7. The molecule has 0 aromatic heterocycles. The summed E-state index contributed by atoms with van der Waals surface area (Å²) in [6.45, 7) is 5.73. The van der Waals surface area contributed by atoms with Crippen molar-refractivity contribution in [1.82, 2.24) is 20.4 Å². The van der Waals surface area contributed by atoms with Gasteiger partial charge in [0.25, 0.3) is 5.91 Å². The first-order valence-corrected chi connectivity index (χ1v) is 10.5. The lowest BCUT2D eigenvalue weighted by Crippen LogP contribution is -2.43. The summed E-state index contributed by atoms with van der Waals surface area (Å²) in [7, 11) is 2.15. The molecule has 2 amide bonds. The van der Waals surface area contributed by atoms with E-state index < -0.39 is 0 Å². The minimum absolute atomic E-state index is 0.0890. The van der Waals surface area contributed by atoms with Crippen LogP contribution < -0.4 is 20.1 Å². The topological polar surface area (TPSA) is 83.1 Å². The molecule has 2 aliphatic heterocycles. The number of hydrogen-bond donors (Lipinski definition) is 2. The van der Waals surface area contributed by atoms with Crippen molar-refractivity contribution in [2.45, 2.75) is 13.1 Å². The summed E-state index contributed by atoms with van der Waals surface area (Å²) in [6, 6.07) is 13.2. The summed E-state index contributed by atoms with van der Waals surface area (Å²) in [5, 5.41) is 5.50. The number of carbonyl (C=O) groups excluding carboxylic acids is 2. The van der Waals surface area contributed by atoms with Crippen molar-refractivity contribution in [2.24, 2.45) is 0 Å². The maximum absolute atomic E-state index is 12.3. The van der Waals surface area contributed by atoms with E-state index in [1.54, 1.807) is 18.2 Å². The molecule has 1 saturated heterocycles. The summed E-state index contributed by atoms with van der Waals surface area (Å²) < 4.78 is 10.5. The van der Waals surface area contributed by atoms with Crippen LogP contribution in [0.25, 0.3) is 0 Å². The number of fused-ring (bicyclic) bond motifs is 1. The molecule has 0 atom stereocenters. The largest absolute Gasteiger partial charge is 0.454 e. The van der Waals surface area contributed by atoms with Crippen LogP contribution in [0, 0.1) is 0 Å². The molecular weight excluding hydrogens is 396 g/mol. The Bertz CT molecular complexity index is 941. The average molecular weight is 425 g/mol. The Morgan fingerprint density at radius 2 is 1.71 bits per heavy atom. The number of likely N-dealkylation sites (N-methyl/N-ethyl adjacent to an activating group) is 1. The van der Waals surface area contributed by atoms with Gasteiger partial charge < -0.3 is 25.0 Å². The number of piperazine rings is 1. The van der Waals surface area contributed by atoms with Crippen LogP contribution in [0.4, 0.5) is 0 Å². The van der Waals surface area contributed by atoms with E-state index in [0.717, 1.165) is 38.3 Å². The molecule has 2 N–H and O–H groups in total. The van der Waals surface area contributed by atoms with Gasteiger partial charge in [-0.1, -0.05) is 24.3 Å². The van der Waals surface area contributed by atoms with Crippen LogP contribution in [0.5, 0.6) is 11.5 Å². The van der Waals surface area contributed by atoms with Crippen molar-refractivity contribution < 1.29 is 19.1 Å². The van der Waals surface area contributed by atoms with Gasteiger partial charge in [0.2, 0.25) is 12.7 Å². The Morgan fingerprint density at radius 1 is 0.935 bits per heavy atom. The molecule has 0 unspecified atom stereocenters. The number of nitrogens with one attached hydrogen (secondary N) is 2. The first-order chi connectivity index (χ1) is 15.1. The molecule has 0 saturated carbocycles. The number of hydrogen-bond acceptors (Lipinski definition) is 6. The van der Waals surface area contributed by atoms with E-state index in [4.69, 9.17) is 9.47 Å². The minimum atomic E-state index is -0.331. The highest BCUT2D eigenvalue weighted by atomic mass is 16.7. The average Bonchev–Trinajstić information content (AvgIpc) is 3.26. The molecule has 31 heavy (non-hydrogen) atoms. The number of ether oxygens (including phenoxy) is 2. The fourth-order valence-corrected chi connectivity index (χ4v) is 3.67. The fourth-order valence-electron chi connectivity index (χ4n) is 3.67. The Labute approximate surface area is 182 Å². The third-order valence-electron chi connectivity index (χ3n) is 5.53. The lowest BCUT2D eigenvalue weighted by atomic mass is 10.1. The van der Waals surface area contributed by atoms with Crippen LogP contribution in [0.2, 0.25) is 0 Å². The van der Waals surface area contributed by atoms with Crippen LogP contribution in [-0.4, -0.2) is 68.2 Å². The monoisotopic (exact) mass is 424 g/mol. The Kier molecular flexibility index (Phi) is 6.69. The molecule has 0 bridgehead atoms. The molecule has 8 nitrogen and oxygen atoms in total. The molecule has 2 aliphatic rings. The standard InChI is InChI=1S/C23H28N4O4/c1-26-7-9-27(10-8-26)15-18-4-2-3-17(11-18)13-24-22(28)14-25-23(29)19-5-6-20-21(12-19)31-16-30-20/h2-6,11-12H,7-10,13-16H2,1H3,(H,24,28)(H,25,29). The van der Waals surface area contributed by atoms with Crippen LogP contribution in [0.1, 0.15) is 21.5 Å². The number of nitrogens with zero attached hydrogens (tertiary/aromatic N) is 2. The van der Waals surface area contributed by atoms with Gasteiger partial charge in [0.1, 0.15) is 0 Å². The molecule has 1 fully saturated rings. The van der Waals surface area contributed by atoms with E-state index in [1.165, 1.54) is 5.56 Å². The normalized spacial score (nSPS) is 16.2. The van der Waals surface area contributed by atoms with Crippen molar-refractivity contribution in [2.75, 3.05) is 46.6 Å². The predicted molar refractivity (Wildman–Crippen MR) is 116 cm³/mol. The molecule has 2 heterocycles. The van der Waals surface area contributed by atoms with Crippen LogP contribution >= 0.6 is 0 Å². The van der Waals surface area contributed by atoms with E-state index in [-0.39, 0.29) is 25.2 Å². The first-order valence-electron chi connectivity index (χ1n) is 10.5. The van der Waals surface area contributed by atoms with E-state index in [2.05, 4.69) is 39.6 Å². The van der Waals surface area contributed by atoms with Crippen molar-refractivity contribution >= 4 is 11.8 Å². The van der Waals surface area contributed by atoms with Gasteiger partial charge in [-0.3, -0.25) is 14.5 Å². The zero-order valence-electron chi connectivity index (χ0n) is 17.7. The number of rotatable bonds is 7. The van der Waals surface area contributed by atoms with Crippen LogP contribution in [-0.2, 0) is 17.9 Å². The second-order valence-corrected chi connectivity index (χ2v) is 7.93. The van der Waals surface area contributed by atoms with E-state index in [0.29, 0.717) is 23.6 Å². The molecule has 8 heteroatoms. The van der Waals surface area contributed by atoms with Gasteiger partial charge in [-0.2, -0.15) is 0 Å². The molecule has 164 valence electrons. The number of carbonyl (C=O) groups is 2. The molecular formula is C23H28N4O4. The summed E-state index contributed by atoms with van der Waals surface area (Å²) in [6.07, 6.45) is 0. The first kappa shape index (κ1) is 21.1. The number of amides is 2. The van der Waals surface area contributed by atoms with Gasteiger partial charge in [-0.05, 0) is 36.4 Å². The van der Waals surface area contributed by atoms with Crippen molar-refractivity contribution in [3.05, 3.63) is 59.2 Å². The molecule has 0 spiro atoms. The van der Waals surface area contributed by atoms with Crippen molar-refractivity contribution in [1.29, 1.82) is 0 Å². The van der Waals surface area contributed by atoms with Crippen LogP contribution in [0.15, 0.2) is 42.5 Å². The summed E-state index contributed by atoms with van der Waals surface area (Å²) in [5.41, 5.74) is 2.71. The fraction of sp³-hybridized carbons (Fsp3) is 0.391. The summed E-state index contributed by atoms with van der Waals surface area (Å²) in [4.78, 5) is 29.3. The number of benzene rings is 2. The predicted octanol–water partition coefficient (Wildman–Crippen LogP) is 1.21. The molecule has 4 rings (SSSR count). The Morgan fingerprint density at radius 3 is 2.55 bits per heavy atom. The van der Waals surface area contributed by atoms with Gasteiger partial charge in [0.15, 0.2) is 11.5 Å². The lowest BCUT2D eigenvalue weighted by Gasteiger charge is -2.32. The van der Waals surface area contributed by atoms with E-state index >= 15 is 0 Å². The second-order valence-electron chi connectivity index (χ2n) is 7.93. The molecule has 0 aliphatic carbocycles. The molecule has 0 radical (unpaired) electrons. The van der Waals surface area contributed by atoms with Crippen molar-refractivity contribution in [3.63, 3.8) is 0 Å². The van der Waals surface area contributed by atoms with Gasteiger partial charge in [-0.15, -0.1) is 0 Å². The van der Waals surface area contributed by atoms with Gasteiger partial charge in [0, 0.05) is 44.8 Å². The minimum Gasteiger partial charge on any atom is -0.454 e. The molecule has 2 aromatic rings. The van der Waals surface area contributed by atoms with E-state index in [9.17, 15) is 9.59 Å². The maximum atomic E-state index is 12.3. The quantitative estimate of drug-likeness (QED) is 0.695. The molecule has 2 aromatic carbocycles. The van der Waals surface area contributed by atoms with Gasteiger partial charge in [-0.25, -0.2) is 0 Å². The van der Waals surface area contributed by atoms with Crippen LogP contribution in [0.3, 0.4) is 0 Å². The maximum Gasteiger partial charge on any atom is 0.251 e. The highest BCUT2D eigenvalue weighted by molar-refractivity contribution is 5.97. The van der Waals surface area contributed by atoms with Gasteiger partial charge >= 0.3 is 0 Å². The van der Waals surface area contributed by atoms with Crippen molar-refractivity contribution in [3.8, 4) is 11.5 Å². The SMILES string of the molecule is CN1CCN(Cc2cccc(CNC(=O)CNC(=O)c3ccc4c(c3)OCO4)c2)CC1. The lowest BCUT2D eigenvalue weighted by molar-refractivity contribution is -0.120. The Balaban J connectivity index is 1.22. The Hall–Kier alpha value is -3.10. The third-order valence-corrected chi connectivity index (χ3v) is 5.53. The zero-order chi connectivity index (χ0) is 21.6. The highest BCUT2D eigenvalue weighted by Crippen LogP contribution is 2.32. The smallest absolute Gasteiger partial charge is 0.251 e. The summed E-state index contributed by atoms with van der Waals surface area (Å²) >= 11 is 0. The summed E-state index contributed by atoms with van der Waals surface area (Å²) in [5.74, 6) is 0.582. The van der Waals surface area contributed by atoms with E-state index in [1.807, 2.05) is 12.1 Å². The second kappa shape index (κ2) is 9.80. The highest BCUT2D eigenvalue weighted by Gasteiger charge is 2.17. The van der Waals surface area contributed by atoms with Gasteiger partial charge in [0.05, 0.1) is 6.54 Å².